The molecule has 0 bridgehead atoms. The maximum Gasteiger partial charge on any atom is 0.264 e. The molecule has 0 saturated carbocycles. The third kappa shape index (κ3) is 4.18. The molecular weight excluding hydrogens is 293 g/mol. The van der Waals surface area contributed by atoms with Crippen LogP contribution >= 0.6 is 10.7 Å². The van der Waals surface area contributed by atoms with Gasteiger partial charge in [-0.2, -0.15) is 0 Å². The summed E-state index contributed by atoms with van der Waals surface area (Å²) in [4.78, 5) is 11.2. The number of anilines is 1. The van der Waals surface area contributed by atoms with Crippen LogP contribution in [0, 0.1) is 17.7 Å². The van der Waals surface area contributed by atoms with E-state index in [1.807, 2.05) is 13.8 Å². The van der Waals surface area contributed by atoms with Gasteiger partial charge in [0, 0.05) is 22.3 Å². The van der Waals surface area contributed by atoms with Gasteiger partial charge in [-0.25, -0.2) is 12.8 Å². The Labute approximate surface area is 116 Å². The van der Waals surface area contributed by atoms with Gasteiger partial charge < -0.3 is 5.32 Å². The lowest BCUT2D eigenvalue weighted by Crippen LogP contribution is -2.24. The van der Waals surface area contributed by atoms with Crippen LogP contribution in [-0.2, 0) is 13.8 Å². The van der Waals surface area contributed by atoms with Crippen LogP contribution < -0.4 is 5.32 Å². The minimum Gasteiger partial charge on any atom is -0.326 e. The highest BCUT2D eigenvalue weighted by atomic mass is 35.7. The fraction of sp³-hybridized carbons (Fsp3) is 0.417. The zero-order chi connectivity index (χ0) is 14.8. The molecule has 1 rings (SSSR count). The molecule has 1 unspecified atom stereocenters. The summed E-state index contributed by atoms with van der Waals surface area (Å²) in [7, 11) is 0.935. The summed E-state index contributed by atoms with van der Waals surface area (Å²) >= 11 is 0. The van der Waals surface area contributed by atoms with Gasteiger partial charge in [0.15, 0.2) is 0 Å². The highest BCUT2D eigenvalue weighted by molar-refractivity contribution is 8.13. The van der Waals surface area contributed by atoms with Gasteiger partial charge in [0.25, 0.3) is 9.05 Å². The Kier molecular flexibility index (Phi) is 4.92. The van der Waals surface area contributed by atoms with Crippen molar-refractivity contribution in [3.8, 4) is 0 Å². The molecule has 7 heteroatoms. The van der Waals surface area contributed by atoms with Crippen LogP contribution in [0.5, 0.6) is 0 Å². The maximum atomic E-state index is 13.5. The summed E-state index contributed by atoms with van der Waals surface area (Å²) in [5.74, 6) is -1.34. The molecule has 0 aliphatic carbocycles. The first kappa shape index (κ1) is 15.9. The SMILES string of the molecule is CC(C)C(C)C(=O)Nc1ccc(S(=O)(=O)Cl)c(F)c1. The van der Waals surface area contributed by atoms with Crippen molar-refractivity contribution in [1.82, 2.24) is 0 Å². The van der Waals surface area contributed by atoms with Crippen molar-refractivity contribution in [2.45, 2.75) is 25.7 Å². The van der Waals surface area contributed by atoms with E-state index in [2.05, 4.69) is 5.32 Å². The number of amides is 1. The molecule has 0 radical (unpaired) electrons. The number of nitrogens with one attached hydrogen (secondary N) is 1. The number of carbonyl (C=O) groups excluding carboxylic acids is 1. The van der Waals surface area contributed by atoms with Gasteiger partial charge in [-0.1, -0.05) is 20.8 Å². The van der Waals surface area contributed by atoms with E-state index in [4.69, 9.17) is 10.7 Å². The van der Waals surface area contributed by atoms with Crippen molar-refractivity contribution in [2.75, 3.05) is 5.32 Å². The molecule has 19 heavy (non-hydrogen) atoms. The third-order valence-corrected chi connectivity index (χ3v) is 4.23. The Morgan fingerprint density at radius 2 is 1.89 bits per heavy atom. The van der Waals surface area contributed by atoms with Crippen molar-refractivity contribution < 1.29 is 17.6 Å². The lowest BCUT2D eigenvalue weighted by atomic mass is 9.97. The maximum absolute atomic E-state index is 13.5. The van der Waals surface area contributed by atoms with Crippen LogP contribution in [0.25, 0.3) is 0 Å². The van der Waals surface area contributed by atoms with E-state index in [0.29, 0.717) is 0 Å². The third-order valence-electron chi connectivity index (χ3n) is 2.88. The molecule has 0 spiro atoms. The normalized spacial score (nSPS) is 13.4. The topological polar surface area (TPSA) is 63.2 Å². The first-order chi connectivity index (χ1) is 8.62. The molecule has 0 saturated heterocycles. The molecule has 4 nitrogen and oxygen atoms in total. The molecular formula is C12H15ClFNO3S. The van der Waals surface area contributed by atoms with Crippen LogP contribution in [-0.4, -0.2) is 14.3 Å². The van der Waals surface area contributed by atoms with Gasteiger partial charge in [0.1, 0.15) is 10.7 Å². The summed E-state index contributed by atoms with van der Waals surface area (Å²) < 4.78 is 35.6. The van der Waals surface area contributed by atoms with Gasteiger partial charge in [-0.05, 0) is 24.1 Å². The standard InChI is InChI=1S/C12H15ClFNO3S/c1-7(2)8(3)12(16)15-9-4-5-11(10(14)6-9)19(13,17)18/h4-8H,1-3H3,(H,15,16). The first-order valence-electron chi connectivity index (χ1n) is 5.68. The van der Waals surface area contributed by atoms with Gasteiger partial charge in [0.05, 0.1) is 0 Å². The van der Waals surface area contributed by atoms with Crippen molar-refractivity contribution in [1.29, 1.82) is 0 Å². The molecule has 0 aromatic heterocycles. The Balaban J connectivity index is 2.95. The zero-order valence-corrected chi connectivity index (χ0v) is 12.3. The quantitative estimate of drug-likeness (QED) is 0.870. The molecule has 0 fully saturated rings. The smallest absolute Gasteiger partial charge is 0.264 e. The Hall–Kier alpha value is -1.14. The second-order valence-electron chi connectivity index (χ2n) is 4.60. The molecule has 1 amide bonds. The lowest BCUT2D eigenvalue weighted by molar-refractivity contribution is -0.120. The second kappa shape index (κ2) is 5.88. The van der Waals surface area contributed by atoms with E-state index in [0.717, 1.165) is 12.1 Å². The van der Waals surface area contributed by atoms with E-state index in [-0.39, 0.29) is 23.4 Å². The summed E-state index contributed by atoms with van der Waals surface area (Å²) in [5.41, 5.74) is 0.194. The summed E-state index contributed by atoms with van der Waals surface area (Å²) in [6.07, 6.45) is 0. The number of halogens is 2. The van der Waals surface area contributed by atoms with Crippen LogP contribution in [0.15, 0.2) is 23.1 Å². The Bertz CT molecular complexity index is 587. The fourth-order valence-electron chi connectivity index (χ4n) is 1.34. The number of benzene rings is 1. The van der Waals surface area contributed by atoms with Crippen LogP contribution in [0.3, 0.4) is 0 Å². The van der Waals surface area contributed by atoms with E-state index < -0.39 is 19.8 Å². The molecule has 1 N–H and O–H groups in total. The number of rotatable bonds is 4. The summed E-state index contributed by atoms with van der Waals surface area (Å²) in [6, 6.07) is 3.25. The minimum atomic E-state index is -4.12. The minimum absolute atomic E-state index is 0.146. The van der Waals surface area contributed by atoms with E-state index in [1.54, 1.807) is 6.92 Å². The van der Waals surface area contributed by atoms with E-state index >= 15 is 0 Å². The highest BCUT2D eigenvalue weighted by Gasteiger charge is 2.19. The van der Waals surface area contributed by atoms with Crippen molar-refractivity contribution >= 4 is 31.3 Å². The highest BCUT2D eigenvalue weighted by Crippen LogP contribution is 2.23. The van der Waals surface area contributed by atoms with Crippen LogP contribution in [0.2, 0.25) is 0 Å². The van der Waals surface area contributed by atoms with Gasteiger partial charge in [-0.3, -0.25) is 4.79 Å². The second-order valence-corrected chi connectivity index (χ2v) is 7.14. The number of hydrogen-bond acceptors (Lipinski definition) is 3. The average molecular weight is 308 g/mol. The molecule has 106 valence electrons. The molecule has 1 aromatic carbocycles. The van der Waals surface area contributed by atoms with Crippen LogP contribution in [0.4, 0.5) is 10.1 Å². The molecule has 0 aliphatic rings. The van der Waals surface area contributed by atoms with Gasteiger partial charge in [0.2, 0.25) is 5.91 Å². The van der Waals surface area contributed by atoms with E-state index in [9.17, 15) is 17.6 Å². The van der Waals surface area contributed by atoms with Gasteiger partial charge >= 0.3 is 0 Å². The number of carbonyl (C=O) groups is 1. The van der Waals surface area contributed by atoms with Crippen molar-refractivity contribution in [2.24, 2.45) is 11.8 Å². The number of hydrogen-bond donors (Lipinski definition) is 1. The summed E-state index contributed by atoms with van der Waals surface area (Å²) in [6.45, 7) is 5.55. The van der Waals surface area contributed by atoms with Gasteiger partial charge in [-0.15, -0.1) is 0 Å². The first-order valence-corrected chi connectivity index (χ1v) is 7.99. The molecule has 1 atom stereocenters. The molecule has 0 heterocycles. The Morgan fingerprint density at radius 1 is 1.32 bits per heavy atom. The molecule has 0 aliphatic heterocycles. The van der Waals surface area contributed by atoms with Crippen LogP contribution in [0.1, 0.15) is 20.8 Å². The Morgan fingerprint density at radius 3 is 2.32 bits per heavy atom. The van der Waals surface area contributed by atoms with Crippen molar-refractivity contribution in [3.05, 3.63) is 24.0 Å². The molecule has 1 aromatic rings. The predicted octanol–water partition coefficient (Wildman–Crippen LogP) is 2.98. The average Bonchev–Trinajstić information content (AvgIpc) is 2.25. The zero-order valence-electron chi connectivity index (χ0n) is 10.8. The lowest BCUT2D eigenvalue weighted by Gasteiger charge is -2.15. The predicted molar refractivity (Wildman–Crippen MR) is 72.1 cm³/mol. The monoisotopic (exact) mass is 307 g/mol. The van der Waals surface area contributed by atoms with E-state index in [1.165, 1.54) is 6.07 Å². The fourth-order valence-corrected chi connectivity index (χ4v) is 2.23. The largest absolute Gasteiger partial charge is 0.326 e. The van der Waals surface area contributed by atoms with Crippen molar-refractivity contribution in [3.63, 3.8) is 0 Å². The summed E-state index contributed by atoms with van der Waals surface area (Å²) in [5, 5.41) is 2.53.